The first-order chi connectivity index (χ1) is 16.7. The molecule has 2 atom stereocenters. The topological polar surface area (TPSA) is 92.0 Å². The van der Waals surface area contributed by atoms with Gasteiger partial charge < -0.3 is 14.2 Å². The highest BCUT2D eigenvalue weighted by Gasteiger charge is 2.21. The lowest BCUT2D eigenvalue weighted by Crippen LogP contribution is -2.25. The highest BCUT2D eigenvalue weighted by atomic mass is 79.9. The summed E-state index contributed by atoms with van der Waals surface area (Å²) in [7, 11) is 1.30. The van der Waals surface area contributed by atoms with E-state index in [4.69, 9.17) is 19.2 Å². The Balaban J connectivity index is 2.09. The minimum absolute atomic E-state index is 0.0224. The molecule has 8 nitrogen and oxygen atoms in total. The third kappa shape index (κ3) is 6.10. The maximum absolute atomic E-state index is 13.3. The van der Waals surface area contributed by atoms with Crippen molar-refractivity contribution in [3.8, 4) is 11.5 Å². The third-order valence-corrected chi connectivity index (χ3v) is 6.45. The van der Waals surface area contributed by atoms with Gasteiger partial charge in [0.25, 0.3) is 5.56 Å². The van der Waals surface area contributed by atoms with Crippen LogP contribution < -0.4 is 15.0 Å². The minimum Gasteiger partial charge on any atom is -0.490 e. The highest BCUT2D eigenvalue weighted by molar-refractivity contribution is 9.10. The van der Waals surface area contributed by atoms with Crippen molar-refractivity contribution in [2.24, 2.45) is 5.10 Å². The molecule has 186 valence electrons. The smallest absolute Gasteiger partial charge is 0.346 e. The van der Waals surface area contributed by atoms with Crippen LogP contribution in [-0.4, -0.2) is 41.7 Å². The van der Waals surface area contributed by atoms with Gasteiger partial charge in [-0.15, -0.1) is 0 Å². The Hall–Kier alpha value is -2.72. The molecule has 0 aliphatic rings. The van der Waals surface area contributed by atoms with Crippen LogP contribution in [0, 0.1) is 0 Å². The molecule has 0 saturated carbocycles. The van der Waals surface area contributed by atoms with E-state index in [1.165, 1.54) is 11.8 Å². The summed E-state index contributed by atoms with van der Waals surface area (Å²) in [6.07, 6.45) is 1.54. The first kappa shape index (κ1) is 26.9. The quantitative estimate of drug-likeness (QED) is 0.230. The number of ether oxygens (including phenoxy) is 3. The number of hydrogen-bond acceptors (Lipinski definition) is 7. The predicted molar refractivity (Wildman–Crippen MR) is 143 cm³/mol. The van der Waals surface area contributed by atoms with E-state index in [2.05, 4.69) is 37.0 Å². The molecule has 0 amide bonds. The monoisotopic (exact) mass is 607 g/mol. The molecule has 35 heavy (non-hydrogen) atoms. The normalized spacial score (nSPS) is 13.1. The zero-order valence-corrected chi connectivity index (χ0v) is 23.3. The maximum Gasteiger partial charge on any atom is 0.346 e. The zero-order valence-electron chi connectivity index (χ0n) is 20.2. The number of nitrogens with zero attached hydrogens (tertiary/aromatic N) is 3. The van der Waals surface area contributed by atoms with Gasteiger partial charge in [-0.3, -0.25) is 4.79 Å². The Morgan fingerprint density at radius 2 is 1.94 bits per heavy atom. The van der Waals surface area contributed by atoms with Crippen LogP contribution in [0.1, 0.15) is 51.4 Å². The number of esters is 1. The van der Waals surface area contributed by atoms with Crippen LogP contribution in [0.25, 0.3) is 10.9 Å². The molecule has 0 saturated heterocycles. The Bertz CT molecular complexity index is 1320. The van der Waals surface area contributed by atoms with E-state index in [1.807, 2.05) is 32.9 Å². The zero-order chi connectivity index (χ0) is 25.7. The van der Waals surface area contributed by atoms with Gasteiger partial charge in [-0.25, -0.2) is 9.78 Å². The summed E-state index contributed by atoms with van der Waals surface area (Å²) in [6, 6.07) is 8.93. The second kappa shape index (κ2) is 11.8. The summed E-state index contributed by atoms with van der Waals surface area (Å²) in [5, 5.41) is 4.98. The van der Waals surface area contributed by atoms with Gasteiger partial charge in [-0.1, -0.05) is 29.8 Å². The van der Waals surface area contributed by atoms with Crippen LogP contribution in [0.3, 0.4) is 0 Å². The van der Waals surface area contributed by atoms with Gasteiger partial charge in [0, 0.05) is 10.4 Å². The summed E-state index contributed by atoms with van der Waals surface area (Å²) in [4.78, 5) is 29.9. The van der Waals surface area contributed by atoms with Crippen molar-refractivity contribution in [2.45, 2.75) is 46.1 Å². The first-order valence-electron chi connectivity index (χ1n) is 11.2. The fraction of sp³-hybridized carbons (Fsp3) is 0.360. The number of methoxy groups -OCH3 is 1. The van der Waals surface area contributed by atoms with E-state index in [1.54, 1.807) is 31.3 Å². The summed E-state index contributed by atoms with van der Waals surface area (Å²) in [6.45, 7) is 7.88. The second-order valence-electron chi connectivity index (χ2n) is 7.85. The van der Waals surface area contributed by atoms with Gasteiger partial charge in [0.05, 0.1) is 35.3 Å². The molecule has 2 aromatic carbocycles. The molecule has 1 heterocycles. The van der Waals surface area contributed by atoms with Gasteiger partial charge in [-0.2, -0.15) is 9.78 Å². The van der Waals surface area contributed by atoms with E-state index in [0.717, 1.165) is 10.9 Å². The number of carbonyl (C=O) groups is 1. The summed E-state index contributed by atoms with van der Waals surface area (Å²) < 4.78 is 19.0. The molecule has 0 radical (unpaired) electrons. The van der Waals surface area contributed by atoms with Crippen molar-refractivity contribution in [3.05, 3.63) is 61.0 Å². The summed E-state index contributed by atoms with van der Waals surface area (Å²) >= 11 is 6.91. The molecule has 3 aromatic rings. The van der Waals surface area contributed by atoms with Gasteiger partial charge >= 0.3 is 5.97 Å². The minimum atomic E-state index is -0.824. The number of rotatable bonds is 9. The van der Waals surface area contributed by atoms with Crippen LogP contribution >= 0.6 is 31.9 Å². The van der Waals surface area contributed by atoms with Crippen LogP contribution in [0.15, 0.2) is 49.2 Å². The summed E-state index contributed by atoms with van der Waals surface area (Å²) in [5.41, 5.74) is 1.04. The van der Waals surface area contributed by atoms with Crippen LogP contribution in [0.2, 0.25) is 0 Å². The molecule has 10 heteroatoms. The molecule has 3 rings (SSSR count). The average Bonchev–Trinajstić information content (AvgIpc) is 2.84. The molecule has 0 unspecified atom stereocenters. The highest BCUT2D eigenvalue weighted by Crippen LogP contribution is 2.37. The fourth-order valence-electron chi connectivity index (χ4n) is 3.33. The van der Waals surface area contributed by atoms with Gasteiger partial charge in [0.15, 0.2) is 17.6 Å². The van der Waals surface area contributed by atoms with Crippen molar-refractivity contribution in [2.75, 3.05) is 13.7 Å². The number of aromatic nitrogens is 2. The molecule has 0 N–H and O–H groups in total. The van der Waals surface area contributed by atoms with E-state index >= 15 is 0 Å². The van der Waals surface area contributed by atoms with Gasteiger partial charge in [-0.05, 0) is 72.1 Å². The molecule has 0 aliphatic carbocycles. The Labute approximate surface area is 220 Å². The Morgan fingerprint density at radius 3 is 2.60 bits per heavy atom. The standard InChI is InChI=1S/C25H27Br2N3O5/c1-6-14(3)23-29-20-9-8-17(26)12-18(20)24(31)30(23)28-13-16-10-19(27)22(21(11-16)34-7-2)35-15(4)25(32)33-5/h8-15H,6-7H2,1-5H3/t14-,15-/m1/s1. The maximum atomic E-state index is 13.3. The van der Waals surface area contributed by atoms with E-state index < -0.39 is 12.1 Å². The fourth-order valence-corrected chi connectivity index (χ4v) is 4.25. The van der Waals surface area contributed by atoms with E-state index in [0.29, 0.717) is 44.9 Å². The molecule has 0 fully saturated rings. The molecule has 0 bridgehead atoms. The number of carbonyl (C=O) groups excluding carboxylic acids is 1. The van der Waals surface area contributed by atoms with Gasteiger partial charge in [0.2, 0.25) is 0 Å². The van der Waals surface area contributed by atoms with Crippen molar-refractivity contribution >= 4 is 54.9 Å². The van der Waals surface area contributed by atoms with E-state index in [-0.39, 0.29) is 11.5 Å². The number of benzene rings is 2. The van der Waals surface area contributed by atoms with Crippen LogP contribution in [0.4, 0.5) is 0 Å². The molecular formula is C25H27Br2N3O5. The van der Waals surface area contributed by atoms with Crippen molar-refractivity contribution < 1.29 is 19.0 Å². The molecular weight excluding hydrogens is 582 g/mol. The Kier molecular flexibility index (Phi) is 9.07. The number of hydrogen-bond donors (Lipinski definition) is 0. The molecule has 0 spiro atoms. The van der Waals surface area contributed by atoms with Crippen LogP contribution in [0.5, 0.6) is 11.5 Å². The molecule has 0 aliphatic heterocycles. The lowest BCUT2D eigenvalue weighted by Gasteiger charge is -2.18. The van der Waals surface area contributed by atoms with Crippen molar-refractivity contribution in [3.63, 3.8) is 0 Å². The van der Waals surface area contributed by atoms with Crippen molar-refractivity contribution in [1.82, 2.24) is 9.66 Å². The average molecular weight is 609 g/mol. The SMILES string of the molecule is CCOc1cc(C=Nn2c([C@H](C)CC)nc3ccc(Br)cc3c2=O)cc(Br)c1O[C@H](C)C(=O)OC. The van der Waals surface area contributed by atoms with E-state index in [9.17, 15) is 9.59 Å². The summed E-state index contributed by atoms with van der Waals surface area (Å²) in [5.74, 6) is 0.900. The van der Waals surface area contributed by atoms with Crippen molar-refractivity contribution in [1.29, 1.82) is 0 Å². The first-order valence-corrected chi connectivity index (χ1v) is 12.8. The Morgan fingerprint density at radius 1 is 1.20 bits per heavy atom. The van der Waals surface area contributed by atoms with Crippen LogP contribution in [-0.2, 0) is 9.53 Å². The largest absolute Gasteiger partial charge is 0.490 e. The predicted octanol–water partition coefficient (Wildman–Crippen LogP) is 5.66. The third-order valence-electron chi connectivity index (χ3n) is 5.37. The van der Waals surface area contributed by atoms with Gasteiger partial charge in [0.1, 0.15) is 5.82 Å². The lowest BCUT2D eigenvalue weighted by atomic mass is 10.1. The lowest BCUT2D eigenvalue weighted by molar-refractivity contribution is -0.147. The molecule has 1 aromatic heterocycles. The second-order valence-corrected chi connectivity index (χ2v) is 9.62. The number of fused-ring (bicyclic) bond motifs is 1. The number of halogens is 2.